The van der Waals surface area contributed by atoms with E-state index in [1.807, 2.05) is 6.92 Å². The van der Waals surface area contributed by atoms with Crippen LogP contribution in [-0.4, -0.2) is 30.3 Å². The van der Waals surface area contributed by atoms with Crippen LogP contribution in [0.15, 0.2) is 24.3 Å². The highest BCUT2D eigenvalue weighted by atomic mass is 31.2. The summed E-state index contributed by atoms with van der Waals surface area (Å²) < 4.78 is 28.7. The molecular weight excluding hydrogens is 349 g/mol. The number of nitro groups is 1. The quantitative estimate of drug-likeness (QED) is 0.247. The average molecular weight is 373 g/mol. The fraction of sp³-hybridized carbons (Fsp3) is 0.562. The molecule has 0 saturated carbocycles. The van der Waals surface area contributed by atoms with Gasteiger partial charge in [0.25, 0.3) is 5.69 Å². The Morgan fingerprint density at radius 1 is 1.16 bits per heavy atom. The van der Waals surface area contributed by atoms with Crippen LogP contribution in [0.1, 0.15) is 45.3 Å². The van der Waals surface area contributed by atoms with Crippen LogP contribution in [-0.2, 0) is 23.1 Å². The number of carbonyl (C=O) groups excluding carboxylic acids is 1. The molecule has 140 valence electrons. The number of hydrogen-bond acceptors (Lipinski definition) is 7. The highest BCUT2D eigenvalue weighted by Gasteiger charge is 2.32. The number of esters is 1. The highest BCUT2D eigenvalue weighted by molar-refractivity contribution is 7.53. The Kier molecular flexibility index (Phi) is 8.75. The first kappa shape index (κ1) is 21.3. The average Bonchev–Trinajstić information content (AvgIpc) is 2.55. The van der Waals surface area contributed by atoms with Crippen molar-refractivity contribution in [3.05, 3.63) is 39.9 Å². The molecule has 1 aromatic rings. The first-order valence-corrected chi connectivity index (χ1v) is 9.90. The monoisotopic (exact) mass is 373 g/mol. The molecule has 9 heteroatoms. The first-order valence-electron chi connectivity index (χ1n) is 8.17. The fourth-order valence-electron chi connectivity index (χ4n) is 2.18. The van der Waals surface area contributed by atoms with Crippen molar-refractivity contribution in [3.8, 4) is 0 Å². The lowest BCUT2D eigenvalue weighted by atomic mass is 10.1. The second-order valence-electron chi connectivity index (χ2n) is 5.21. The predicted molar refractivity (Wildman–Crippen MR) is 92.6 cm³/mol. The summed E-state index contributed by atoms with van der Waals surface area (Å²) in [6.07, 6.45) is -0.192. The zero-order valence-corrected chi connectivity index (χ0v) is 15.6. The number of hydrogen-bond donors (Lipinski definition) is 0. The lowest BCUT2D eigenvalue weighted by Crippen LogP contribution is -2.16. The van der Waals surface area contributed by atoms with E-state index in [-0.39, 0.29) is 31.5 Å². The smallest absolute Gasteiger partial charge is 0.334 e. The van der Waals surface area contributed by atoms with Gasteiger partial charge in [-0.3, -0.25) is 19.5 Å². The Morgan fingerprint density at radius 2 is 1.72 bits per heavy atom. The topological polar surface area (TPSA) is 105 Å². The minimum Gasteiger partial charge on any atom is -0.457 e. The zero-order chi connectivity index (χ0) is 18.9. The number of carbonyl (C=O) groups is 1. The van der Waals surface area contributed by atoms with Gasteiger partial charge in [0.15, 0.2) is 0 Å². The van der Waals surface area contributed by atoms with Gasteiger partial charge >= 0.3 is 13.6 Å². The number of benzene rings is 1. The van der Waals surface area contributed by atoms with E-state index in [1.54, 1.807) is 13.8 Å². The molecule has 0 spiro atoms. The van der Waals surface area contributed by atoms with Crippen LogP contribution in [0.5, 0.6) is 0 Å². The van der Waals surface area contributed by atoms with Crippen molar-refractivity contribution in [1.82, 2.24) is 0 Å². The van der Waals surface area contributed by atoms with Gasteiger partial charge in [0.1, 0.15) is 6.10 Å². The van der Waals surface area contributed by atoms with E-state index in [2.05, 4.69) is 0 Å². The number of rotatable bonds is 11. The van der Waals surface area contributed by atoms with Gasteiger partial charge in [0, 0.05) is 18.6 Å². The maximum absolute atomic E-state index is 12.8. The molecule has 25 heavy (non-hydrogen) atoms. The summed E-state index contributed by atoms with van der Waals surface area (Å²) in [6, 6.07) is 5.57. The van der Waals surface area contributed by atoms with Crippen LogP contribution < -0.4 is 0 Å². The molecule has 0 fully saturated rings. The van der Waals surface area contributed by atoms with Crippen molar-refractivity contribution in [3.63, 3.8) is 0 Å². The van der Waals surface area contributed by atoms with E-state index in [0.717, 1.165) is 0 Å². The number of nitrogens with zero attached hydrogens (tertiary/aromatic N) is 1. The van der Waals surface area contributed by atoms with Crippen LogP contribution in [0.2, 0.25) is 0 Å². The first-order chi connectivity index (χ1) is 11.8. The summed E-state index contributed by atoms with van der Waals surface area (Å²) in [5.41, 5.74) is 0.412. The summed E-state index contributed by atoms with van der Waals surface area (Å²) in [4.78, 5) is 22.2. The molecule has 0 aromatic heterocycles. The molecule has 0 amide bonds. The number of non-ortho nitro benzene ring substituents is 1. The van der Waals surface area contributed by atoms with Crippen molar-refractivity contribution in [2.75, 3.05) is 19.4 Å². The summed E-state index contributed by atoms with van der Waals surface area (Å²) in [6.45, 7) is 5.60. The summed E-state index contributed by atoms with van der Waals surface area (Å²) >= 11 is 0. The molecule has 0 aliphatic carbocycles. The van der Waals surface area contributed by atoms with Gasteiger partial charge in [-0.2, -0.15) is 0 Å². The molecule has 0 bridgehead atoms. The molecule has 0 radical (unpaired) electrons. The van der Waals surface area contributed by atoms with Gasteiger partial charge in [0.2, 0.25) is 0 Å². The third kappa shape index (κ3) is 6.94. The Morgan fingerprint density at radius 3 is 2.16 bits per heavy atom. The van der Waals surface area contributed by atoms with Gasteiger partial charge in [-0.05, 0) is 38.0 Å². The maximum atomic E-state index is 12.8. The van der Waals surface area contributed by atoms with Gasteiger partial charge in [-0.1, -0.05) is 6.92 Å². The Bertz CT molecular complexity index is 607. The van der Waals surface area contributed by atoms with Crippen molar-refractivity contribution in [2.45, 2.75) is 39.7 Å². The molecule has 1 rings (SSSR count). The molecule has 0 aliphatic heterocycles. The lowest BCUT2D eigenvalue weighted by Gasteiger charge is -2.23. The van der Waals surface area contributed by atoms with E-state index >= 15 is 0 Å². The van der Waals surface area contributed by atoms with Crippen molar-refractivity contribution in [2.24, 2.45) is 0 Å². The number of nitro benzene ring substituents is 1. The van der Waals surface area contributed by atoms with Crippen LogP contribution in [0, 0.1) is 10.1 Å². The third-order valence-electron chi connectivity index (χ3n) is 3.24. The molecule has 0 heterocycles. The zero-order valence-electron chi connectivity index (χ0n) is 14.7. The van der Waals surface area contributed by atoms with E-state index in [0.29, 0.717) is 12.0 Å². The molecule has 8 nitrogen and oxygen atoms in total. The molecule has 0 saturated heterocycles. The molecule has 1 aromatic carbocycles. The van der Waals surface area contributed by atoms with E-state index in [1.165, 1.54) is 24.3 Å². The Hall–Kier alpha value is -1.76. The van der Waals surface area contributed by atoms with E-state index < -0.39 is 24.6 Å². The number of ether oxygens (including phenoxy) is 1. The van der Waals surface area contributed by atoms with Crippen LogP contribution in [0.25, 0.3) is 0 Å². The second-order valence-corrected chi connectivity index (χ2v) is 7.31. The van der Waals surface area contributed by atoms with Crippen LogP contribution >= 0.6 is 7.60 Å². The van der Waals surface area contributed by atoms with Crippen LogP contribution in [0.3, 0.4) is 0 Å². The van der Waals surface area contributed by atoms with Gasteiger partial charge in [-0.15, -0.1) is 0 Å². The Balaban J connectivity index is 3.08. The van der Waals surface area contributed by atoms with E-state index in [4.69, 9.17) is 13.8 Å². The largest absolute Gasteiger partial charge is 0.457 e. The Labute approximate surface area is 147 Å². The van der Waals surface area contributed by atoms with Crippen molar-refractivity contribution < 1.29 is 28.1 Å². The SMILES string of the molecule is CCCC(=O)O[C@@H](CP(=O)(OCC)OCC)c1ccc([N+](=O)[O-])cc1. The molecule has 1 atom stereocenters. The fourth-order valence-corrected chi connectivity index (χ4v) is 3.95. The van der Waals surface area contributed by atoms with E-state index in [9.17, 15) is 19.5 Å². The minimum absolute atomic E-state index is 0.0832. The summed E-state index contributed by atoms with van der Waals surface area (Å²) in [5, 5.41) is 10.8. The third-order valence-corrected chi connectivity index (χ3v) is 5.33. The van der Waals surface area contributed by atoms with Crippen LogP contribution in [0.4, 0.5) is 5.69 Å². The minimum atomic E-state index is -3.46. The van der Waals surface area contributed by atoms with Gasteiger partial charge in [0.05, 0.1) is 24.3 Å². The van der Waals surface area contributed by atoms with Crippen molar-refractivity contribution >= 4 is 19.3 Å². The highest BCUT2D eigenvalue weighted by Crippen LogP contribution is 2.51. The lowest BCUT2D eigenvalue weighted by molar-refractivity contribution is -0.384. The predicted octanol–water partition coefficient (Wildman–Crippen LogP) is 4.25. The van der Waals surface area contributed by atoms with Gasteiger partial charge in [-0.25, -0.2) is 0 Å². The molecule has 0 N–H and O–H groups in total. The summed E-state index contributed by atoms with van der Waals surface area (Å²) in [5.74, 6) is -0.439. The maximum Gasteiger partial charge on any atom is 0.334 e. The molecule has 0 aliphatic rings. The second kappa shape index (κ2) is 10.3. The summed E-state index contributed by atoms with van der Waals surface area (Å²) in [7, 11) is -3.46. The standard InChI is InChI=1S/C16H24NO7P/c1-4-7-16(18)24-15(12-25(21,22-5-2)23-6-3)13-8-10-14(11-9-13)17(19)20/h8-11,15H,4-7,12H2,1-3H3/t15-/m0/s1. The van der Waals surface area contributed by atoms with Crippen molar-refractivity contribution in [1.29, 1.82) is 0 Å². The van der Waals surface area contributed by atoms with Gasteiger partial charge < -0.3 is 13.8 Å². The molecular formula is C16H24NO7P. The molecule has 0 unspecified atom stereocenters. The normalized spacial score (nSPS) is 12.6.